The number of pyridine rings is 2. The first-order chi connectivity index (χ1) is 16.5. The van der Waals surface area contributed by atoms with Crippen molar-refractivity contribution in [3.05, 3.63) is 106 Å². The summed E-state index contributed by atoms with van der Waals surface area (Å²) in [6.45, 7) is 0.260. The average Bonchev–Trinajstić information content (AvgIpc) is 3.65. The molecule has 0 atom stereocenters. The van der Waals surface area contributed by atoms with Gasteiger partial charge in [-0.2, -0.15) is 0 Å². The van der Waals surface area contributed by atoms with Gasteiger partial charge in [-0.05, 0) is 66.4 Å². The van der Waals surface area contributed by atoms with Gasteiger partial charge in [-0.25, -0.2) is 8.78 Å². The van der Waals surface area contributed by atoms with Gasteiger partial charge in [0.15, 0.2) is 11.6 Å². The Morgan fingerprint density at radius 1 is 1.03 bits per heavy atom. The lowest BCUT2D eigenvalue weighted by molar-refractivity contribution is 0.0949. The van der Waals surface area contributed by atoms with E-state index >= 15 is 0 Å². The van der Waals surface area contributed by atoms with Crippen LogP contribution < -0.4 is 16.2 Å². The van der Waals surface area contributed by atoms with Crippen LogP contribution in [-0.2, 0) is 13.1 Å². The van der Waals surface area contributed by atoms with E-state index in [0.29, 0.717) is 11.6 Å². The monoisotopic (exact) mass is 460 g/mol. The molecule has 0 unspecified atom stereocenters. The summed E-state index contributed by atoms with van der Waals surface area (Å²) in [4.78, 5) is 30.0. The van der Waals surface area contributed by atoms with Crippen LogP contribution in [-0.4, -0.2) is 21.5 Å². The molecule has 1 amide bonds. The van der Waals surface area contributed by atoms with Crippen molar-refractivity contribution < 1.29 is 13.6 Å². The Labute approximate surface area is 194 Å². The largest absolute Gasteiger partial charge is 0.382 e. The molecular weight excluding hydrogens is 438 g/mol. The van der Waals surface area contributed by atoms with E-state index < -0.39 is 23.1 Å². The summed E-state index contributed by atoms with van der Waals surface area (Å²) in [6, 6.07) is 14.7. The third-order valence-electron chi connectivity index (χ3n) is 5.80. The van der Waals surface area contributed by atoms with Gasteiger partial charge in [0.25, 0.3) is 11.5 Å². The molecule has 0 aliphatic heterocycles. The van der Waals surface area contributed by atoms with Crippen molar-refractivity contribution in [2.75, 3.05) is 5.32 Å². The van der Waals surface area contributed by atoms with Crippen LogP contribution in [0.1, 0.15) is 34.3 Å². The van der Waals surface area contributed by atoms with E-state index in [2.05, 4.69) is 15.6 Å². The van der Waals surface area contributed by atoms with E-state index in [1.807, 2.05) is 24.3 Å². The van der Waals surface area contributed by atoms with Gasteiger partial charge in [0.05, 0.1) is 12.1 Å². The van der Waals surface area contributed by atoms with Crippen molar-refractivity contribution in [2.45, 2.75) is 32.0 Å². The van der Waals surface area contributed by atoms with E-state index in [0.717, 1.165) is 47.1 Å². The maximum atomic E-state index is 13.5. The van der Waals surface area contributed by atoms with Crippen LogP contribution in [0.15, 0.2) is 71.8 Å². The highest BCUT2D eigenvalue weighted by atomic mass is 19.2. The van der Waals surface area contributed by atoms with Gasteiger partial charge in [-0.15, -0.1) is 0 Å². The quantitative estimate of drug-likeness (QED) is 0.433. The molecule has 172 valence electrons. The zero-order valence-electron chi connectivity index (χ0n) is 18.2. The summed E-state index contributed by atoms with van der Waals surface area (Å²) in [5, 5.41) is 7.28. The van der Waals surface area contributed by atoms with Crippen LogP contribution in [0, 0.1) is 11.6 Å². The van der Waals surface area contributed by atoms with E-state index in [1.165, 1.54) is 22.9 Å². The third-order valence-corrected chi connectivity index (χ3v) is 5.80. The summed E-state index contributed by atoms with van der Waals surface area (Å²) in [6.07, 6.45) is 5.59. The first-order valence-electron chi connectivity index (χ1n) is 11.0. The smallest absolute Gasteiger partial charge is 0.263 e. The van der Waals surface area contributed by atoms with Crippen LogP contribution in [0.4, 0.5) is 14.5 Å². The Bertz CT molecular complexity index is 1450. The number of carbonyl (C=O) groups is 1. The predicted molar refractivity (Wildman–Crippen MR) is 126 cm³/mol. The highest BCUT2D eigenvalue weighted by Gasteiger charge is 2.21. The number of aromatic nitrogens is 2. The van der Waals surface area contributed by atoms with E-state index in [1.54, 1.807) is 12.3 Å². The summed E-state index contributed by atoms with van der Waals surface area (Å²) in [7, 11) is 0. The van der Waals surface area contributed by atoms with Crippen LogP contribution in [0.2, 0.25) is 0 Å². The molecule has 1 aliphatic carbocycles. The van der Waals surface area contributed by atoms with E-state index in [4.69, 9.17) is 0 Å². The van der Waals surface area contributed by atoms with Gasteiger partial charge in [-0.1, -0.05) is 12.1 Å². The first-order valence-corrected chi connectivity index (χ1v) is 11.0. The number of carbonyl (C=O) groups excluding carboxylic acids is 1. The number of anilines is 1. The molecule has 1 fully saturated rings. The number of benzene rings is 2. The molecule has 1 aliphatic rings. The van der Waals surface area contributed by atoms with Crippen molar-refractivity contribution in [3.8, 4) is 0 Å². The number of nitrogens with zero attached hydrogens (tertiary/aromatic N) is 2. The maximum Gasteiger partial charge on any atom is 0.263 e. The molecule has 2 heterocycles. The fourth-order valence-electron chi connectivity index (χ4n) is 3.82. The molecule has 2 aromatic heterocycles. The minimum atomic E-state index is -0.986. The summed E-state index contributed by atoms with van der Waals surface area (Å²) >= 11 is 0. The number of halogens is 2. The lowest BCUT2D eigenvalue weighted by Gasteiger charge is -2.11. The van der Waals surface area contributed by atoms with Crippen LogP contribution in [0.5, 0.6) is 0 Å². The highest BCUT2D eigenvalue weighted by molar-refractivity contribution is 5.94. The van der Waals surface area contributed by atoms with Crippen LogP contribution in [0.3, 0.4) is 0 Å². The van der Waals surface area contributed by atoms with Gasteiger partial charge < -0.3 is 15.2 Å². The SMILES string of the molecule is O=C(NCc1ccc2nccc(NC3CC3)c2c1)c1cccn(Cc2ccc(F)c(F)c2)c1=O. The fourth-order valence-corrected chi connectivity index (χ4v) is 3.82. The molecule has 5 rings (SSSR count). The highest BCUT2D eigenvalue weighted by Crippen LogP contribution is 2.29. The van der Waals surface area contributed by atoms with Crippen molar-refractivity contribution >= 4 is 22.5 Å². The molecule has 1 saturated carbocycles. The Balaban J connectivity index is 1.31. The lowest BCUT2D eigenvalue weighted by atomic mass is 10.1. The zero-order chi connectivity index (χ0) is 23.7. The molecule has 0 spiro atoms. The van der Waals surface area contributed by atoms with Crippen molar-refractivity contribution in [3.63, 3.8) is 0 Å². The number of hydrogen-bond donors (Lipinski definition) is 2. The van der Waals surface area contributed by atoms with Gasteiger partial charge in [0, 0.05) is 36.1 Å². The topological polar surface area (TPSA) is 76.0 Å². The Morgan fingerprint density at radius 2 is 1.85 bits per heavy atom. The minimum absolute atomic E-state index is 0.0194. The molecule has 4 aromatic rings. The number of fused-ring (bicyclic) bond motifs is 1. The molecule has 0 radical (unpaired) electrons. The average molecular weight is 460 g/mol. The second-order valence-corrected chi connectivity index (χ2v) is 8.41. The Hall–Kier alpha value is -4.07. The lowest BCUT2D eigenvalue weighted by Crippen LogP contribution is -2.32. The molecule has 0 saturated heterocycles. The molecule has 2 aromatic carbocycles. The maximum absolute atomic E-state index is 13.5. The van der Waals surface area contributed by atoms with Gasteiger partial charge >= 0.3 is 0 Å². The standard InChI is InChI=1S/C26H22F2N4O2/c27-21-7-3-17(13-22(21)28)15-32-11-1-2-19(26(32)34)25(33)30-14-16-4-8-23-20(12-16)24(9-10-29-23)31-18-5-6-18/h1-4,7-13,18H,5-6,14-15H2,(H,29,31)(H,30,33). The van der Waals surface area contributed by atoms with Crippen molar-refractivity contribution in [1.29, 1.82) is 0 Å². The van der Waals surface area contributed by atoms with Crippen LogP contribution in [0.25, 0.3) is 10.9 Å². The normalized spacial score (nSPS) is 13.1. The second kappa shape index (κ2) is 9.05. The van der Waals surface area contributed by atoms with Crippen molar-refractivity contribution in [2.24, 2.45) is 0 Å². The molecular formula is C26H22F2N4O2. The number of rotatable bonds is 7. The predicted octanol–water partition coefficient (Wildman–Crippen LogP) is 4.23. The minimum Gasteiger partial charge on any atom is -0.382 e. The Morgan fingerprint density at radius 3 is 2.65 bits per heavy atom. The zero-order valence-corrected chi connectivity index (χ0v) is 18.2. The second-order valence-electron chi connectivity index (χ2n) is 8.41. The van der Waals surface area contributed by atoms with E-state index in [9.17, 15) is 18.4 Å². The fraction of sp³-hybridized carbons (Fsp3) is 0.192. The third kappa shape index (κ3) is 4.66. The van der Waals surface area contributed by atoms with Gasteiger partial charge in [0.1, 0.15) is 5.56 Å². The molecule has 34 heavy (non-hydrogen) atoms. The number of amides is 1. The molecule has 8 heteroatoms. The van der Waals surface area contributed by atoms with E-state index in [-0.39, 0.29) is 18.7 Å². The molecule has 2 N–H and O–H groups in total. The number of nitrogens with one attached hydrogen (secondary N) is 2. The number of hydrogen-bond acceptors (Lipinski definition) is 4. The summed E-state index contributed by atoms with van der Waals surface area (Å²) in [5.74, 6) is -2.45. The molecule has 6 nitrogen and oxygen atoms in total. The van der Waals surface area contributed by atoms with Crippen molar-refractivity contribution in [1.82, 2.24) is 14.9 Å². The molecule has 0 bridgehead atoms. The van der Waals surface area contributed by atoms with Gasteiger partial charge in [-0.3, -0.25) is 14.6 Å². The summed E-state index contributed by atoms with van der Waals surface area (Å²) in [5.41, 5.74) is 2.64. The summed E-state index contributed by atoms with van der Waals surface area (Å²) < 4.78 is 28.0. The Kier molecular flexibility index (Phi) is 5.79. The van der Waals surface area contributed by atoms with Gasteiger partial charge in [0.2, 0.25) is 0 Å². The first kappa shape index (κ1) is 21.8. The van der Waals surface area contributed by atoms with Crippen LogP contribution >= 0.6 is 0 Å².